The first kappa shape index (κ1) is 26.6. The van der Waals surface area contributed by atoms with Gasteiger partial charge in [0.25, 0.3) is 15.9 Å². The van der Waals surface area contributed by atoms with E-state index in [9.17, 15) is 13.2 Å². The van der Waals surface area contributed by atoms with Crippen LogP contribution in [-0.4, -0.2) is 64.6 Å². The van der Waals surface area contributed by atoms with E-state index >= 15 is 0 Å². The van der Waals surface area contributed by atoms with Gasteiger partial charge in [-0.1, -0.05) is 13.0 Å². The molecule has 0 saturated carbocycles. The Morgan fingerprint density at radius 1 is 1.18 bits per heavy atom. The maximum atomic E-state index is 13.2. The van der Waals surface area contributed by atoms with Gasteiger partial charge < -0.3 is 20.1 Å². The molecule has 1 atom stereocenters. The second-order valence-corrected chi connectivity index (χ2v) is 11.6. The van der Waals surface area contributed by atoms with Crippen LogP contribution in [0.2, 0.25) is 0 Å². The fourth-order valence-electron chi connectivity index (χ4n) is 3.85. The Bertz CT molecular complexity index is 1030. The van der Waals surface area contributed by atoms with Crippen molar-refractivity contribution in [3.63, 3.8) is 0 Å². The van der Waals surface area contributed by atoms with E-state index in [1.165, 1.54) is 11.3 Å². The molecule has 10 heteroatoms. The van der Waals surface area contributed by atoms with Crippen LogP contribution in [0, 0.1) is 0 Å². The predicted octanol–water partition coefficient (Wildman–Crippen LogP) is 3.25. The highest BCUT2D eigenvalue weighted by Crippen LogP contribution is 2.27. The summed E-state index contributed by atoms with van der Waals surface area (Å²) in [6, 6.07) is 10.6. The van der Waals surface area contributed by atoms with Crippen molar-refractivity contribution in [2.75, 3.05) is 40.0 Å². The van der Waals surface area contributed by atoms with Crippen LogP contribution in [0.15, 0.2) is 40.6 Å². The van der Waals surface area contributed by atoms with Crippen LogP contribution >= 0.6 is 11.3 Å². The Hall–Kier alpha value is -1.98. The molecule has 1 aromatic carbocycles. The van der Waals surface area contributed by atoms with Crippen molar-refractivity contribution in [2.24, 2.45) is 0 Å². The second kappa shape index (κ2) is 13.2. The quantitative estimate of drug-likeness (QED) is 0.427. The monoisotopic (exact) mass is 509 g/mol. The predicted molar refractivity (Wildman–Crippen MR) is 134 cm³/mol. The van der Waals surface area contributed by atoms with Crippen LogP contribution in [0.3, 0.4) is 0 Å². The number of methoxy groups -OCH3 is 1. The highest BCUT2D eigenvalue weighted by molar-refractivity contribution is 7.91. The third kappa shape index (κ3) is 7.51. The Kier molecular flexibility index (Phi) is 10.3. The number of hydrogen-bond donors (Lipinski definition) is 2. The summed E-state index contributed by atoms with van der Waals surface area (Å²) >= 11 is 1.21. The summed E-state index contributed by atoms with van der Waals surface area (Å²) in [6.07, 6.45) is 3.56. The van der Waals surface area contributed by atoms with Gasteiger partial charge in [0.2, 0.25) is 0 Å². The Morgan fingerprint density at radius 3 is 2.82 bits per heavy atom. The van der Waals surface area contributed by atoms with Crippen molar-refractivity contribution < 1.29 is 22.7 Å². The minimum atomic E-state index is -3.55. The van der Waals surface area contributed by atoms with Crippen molar-refractivity contribution in [1.29, 1.82) is 0 Å². The topological polar surface area (TPSA) is 97.0 Å². The van der Waals surface area contributed by atoms with Crippen molar-refractivity contribution in [2.45, 2.75) is 49.4 Å². The molecule has 1 fully saturated rings. The number of nitrogens with one attached hydrogen (secondary N) is 2. The van der Waals surface area contributed by atoms with Gasteiger partial charge in [-0.2, -0.15) is 4.31 Å². The molecule has 2 N–H and O–H groups in total. The molecule has 1 aliphatic rings. The SMILES string of the molecule is CCCOCCNC1CCCN(S(=O)(=O)c2ccc(CNC(=O)c3cccc(OC)c3)s2)CC1. The molecule has 1 unspecified atom stereocenters. The number of hydrogen-bond acceptors (Lipinski definition) is 7. The Labute approximate surface area is 206 Å². The standard InChI is InChI=1S/C24H35N3O5S2/c1-3-15-32-16-12-25-20-7-5-13-27(14-11-20)34(29,30)23-10-9-22(33-23)18-26-24(28)19-6-4-8-21(17-19)31-2/h4,6,8-10,17,20,25H,3,5,7,11-16,18H2,1-2H3,(H,26,28). The molecule has 0 bridgehead atoms. The molecule has 1 aromatic heterocycles. The number of nitrogens with zero attached hydrogens (tertiary/aromatic N) is 1. The van der Waals surface area contributed by atoms with Gasteiger partial charge in [-0.05, 0) is 56.0 Å². The average molecular weight is 510 g/mol. The minimum absolute atomic E-state index is 0.233. The molecule has 2 heterocycles. The number of rotatable bonds is 12. The zero-order chi connectivity index (χ0) is 24.4. The molecule has 34 heavy (non-hydrogen) atoms. The van der Waals surface area contributed by atoms with Crippen molar-refractivity contribution in [1.82, 2.24) is 14.9 Å². The molecule has 1 saturated heterocycles. The largest absolute Gasteiger partial charge is 0.497 e. The first-order valence-corrected chi connectivity index (χ1v) is 14.0. The fraction of sp³-hybridized carbons (Fsp3) is 0.542. The summed E-state index contributed by atoms with van der Waals surface area (Å²) in [6.45, 7) is 5.60. The first-order valence-electron chi connectivity index (χ1n) is 11.8. The molecule has 0 radical (unpaired) electrons. The third-order valence-electron chi connectivity index (χ3n) is 5.70. The van der Waals surface area contributed by atoms with Crippen LogP contribution in [0.1, 0.15) is 47.8 Å². The van der Waals surface area contributed by atoms with E-state index < -0.39 is 10.0 Å². The summed E-state index contributed by atoms with van der Waals surface area (Å²) in [5.41, 5.74) is 0.494. The zero-order valence-electron chi connectivity index (χ0n) is 19.9. The van der Waals surface area contributed by atoms with Gasteiger partial charge in [0, 0.05) is 42.7 Å². The van der Waals surface area contributed by atoms with Crippen molar-refractivity contribution >= 4 is 27.3 Å². The van der Waals surface area contributed by atoms with E-state index in [0.29, 0.717) is 41.3 Å². The van der Waals surface area contributed by atoms with E-state index in [4.69, 9.17) is 9.47 Å². The van der Waals surface area contributed by atoms with Gasteiger partial charge in [-0.3, -0.25) is 4.79 Å². The van der Waals surface area contributed by atoms with E-state index in [0.717, 1.165) is 43.7 Å². The number of sulfonamides is 1. The van der Waals surface area contributed by atoms with Crippen molar-refractivity contribution in [3.05, 3.63) is 46.8 Å². The highest BCUT2D eigenvalue weighted by atomic mass is 32.2. The number of carbonyl (C=O) groups is 1. The van der Waals surface area contributed by atoms with Crippen LogP contribution in [0.5, 0.6) is 5.75 Å². The summed E-state index contributed by atoms with van der Waals surface area (Å²) < 4.78 is 39.0. The Morgan fingerprint density at radius 2 is 2.03 bits per heavy atom. The van der Waals surface area contributed by atoms with E-state index in [1.54, 1.807) is 47.8 Å². The maximum Gasteiger partial charge on any atom is 0.252 e. The Balaban J connectivity index is 1.52. The van der Waals surface area contributed by atoms with Gasteiger partial charge >= 0.3 is 0 Å². The van der Waals surface area contributed by atoms with Crippen LogP contribution < -0.4 is 15.4 Å². The lowest BCUT2D eigenvalue weighted by Gasteiger charge is -2.19. The molecule has 1 aliphatic heterocycles. The van der Waals surface area contributed by atoms with Gasteiger partial charge in [0.1, 0.15) is 9.96 Å². The molecule has 1 amide bonds. The number of thiophene rings is 1. The molecular weight excluding hydrogens is 474 g/mol. The summed E-state index contributed by atoms with van der Waals surface area (Å²) in [7, 11) is -2.00. The van der Waals surface area contributed by atoms with Crippen molar-refractivity contribution in [3.8, 4) is 5.75 Å². The molecule has 0 spiro atoms. The van der Waals surface area contributed by atoms with Crippen LogP contribution in [0.4, 0.5) is 0 Å². The maximum absolute atomic E-state index is 13.2. The lowest BCUT2D eigenvalue weighted by atomic mass is 10.1. The van der Waals surface area contributed by atoms with E-state index in [-0.39, 0.29) is 12.5 Å². The van der Waals surface area contributed by atoms with Crippen LogP contribution in [0.25, 0.3) is 0 Å². The number of carbonyl (C=O) groups excluding carboxylic acids is 1. The van der Waals surface area contributed by atoms with Gasteiger partial charge in [0.15, 0.2) is 0 Å². The first-order chi connectivity index (χ1) is 16.4. The average Bonchev–Trinajstić information content (AvgIpc) is 3.21. The third-order valence-corrected chi connectivity index (χ3v) is 9.15. The van der Waals surface area contributed by atoms with Gasteiger partial charge in [0.05, 0.1) is 20.3 Å². The highest BCUT2D eigenvalue weighted by Gasteiger charge is 2.28. The molecule has 3 rings (SSSR count). The summed E-state index contributed by atoms with van der Waals surface area (Å²) in [5.74, 6) is 0.375. The van der Waals surface area contributed by atoms with Gasteiger partial charge in [-0.15, -0.1) is 11.3 Å². The molecule has 8 nitrogen and oxygen atoms in total. The number of benzene rings is 1. The van der Waals surface area contributed by atoms with E-state index in [2.05, 4.69) is 17.6 Å². The fourth-order valence-corrected chi connectivity index (χ4v) is 6.79. The van der Waals surface area contributed by atoms with Crippen LogP contribution in [-0.2, 0) is 21.3 Å². The molecule has 188 valence electrons. The summed E-state index contributed by atoms with van der Waals surface area (Å²) in [5, 5.41) is 6.34. The summed E-state index contributed by atoms with van der Waals surface area (Å²) in [4.78, 5) is 13.2. The van der Waals surface area contributed by atoms with E-state index in [1.807, 2.05) is 0 Å². The second-order valence-electron chi connectivity index (χ2n) is 8.23. The smallest absolute Gasteiger partial charge is 0.252 e. The minimum Gasteiger partial charge on any atom is -0.497 e. The zero-order valence-corrected chi connectivity index (χ0v) is 21.6. The molecular formula is C24H35N3O5S2. The lowest BCUT2D eigenvalue weighted by molar-refractivity contribution is 0.0951. The van der Waals surface area contributed by atoms with Gasteiger partial charge in [-0.25, -0.2) is 8.42 Å². The molecule has 0 aliphatic carbocycles. The number of ether oxygens (including phenoxy) is 2. The lowest BCUT2D eigenvalue weighted by Crippen LogP contribution is -2.35. The normalized spacial score (nSPS) is 17.3. The number of amides is 1. The molecule has 2 aromatic rings.